The normalized spacial score (nSPS) is 10.8. The van der Waals surface area contributed by atoms with Crippen LogP contribution in [0.1, 0.15) is 33.0 Å². The van der Waals surface area contributed by atoms with E-state index in [1.807, 2.05) is 49.6 Å². The maximum Gasteiger partial charge on any atom is 0.340 e. The first-order valence-electron chi connectivity index (χ1n) is 7.37. The Hall–Kier alpha value is -2.18. The van der Waals surface area contributed by atoms with Gasteiger partial charge in [-0.05, 0) is 44.5 Å². The molecule has 0 unspecified atom stereocenters. The van der Waals surface area contributed by atoms with Crippen molar-refractivity contribution in [1.29, 1.82) is 0 Å². The number of halogens is 1. The van der Waals surface area contributed by atoms with Crippen LogP contribution in [0.2, 0.25) is 4.34 Å². The molecule has 0 spiro atoms. The van der Waals surface area contributed by atoms with Gasteiger partial charge in [0, 0.05) is 28.6 Å². The number of ether oxygens (including phenoxy) is 1. The van der Waals surface area contributed by atoms with Crippen LogP contribution in [0.25, 0.3) is 5.69 Å². The molecule has 3 aromatic rings. The summed E-state index contributed by atoms with van der Waals surface area (Å²) in [6.45, 7) is 5.93. The van der Waals surface area contributed by atoms with E-state index in [1.54, 1.807) is 0 Å². The highest BCUT2D eigenvalue weighted by Gasteiger charge is 2.19. The van der Waals surface area contributed by atoms with Gasteiger partial charge in [-0.1, -0.05) is 28.2 Å². The van der Waals surface area contributed by atoms with Gasteiger partial charge in [-0.2, -0.15) is 0 Å². The van der Waals surface area contributed by atoms with Gasteiger partial charge in [0.25, 0.3) is 0 Å². The van der Waals surface area contributed by atoms with Crippen LogP contribution >= 0.6 is 23.1 Å². The molecule has 0 amide bonds. The molecule has 5 nitrogen and oxygen atoms in total. The molecule has 1 aromatic carbocycles. The highest BCUT2D eigenvalue weighted by Crippen LogP contribution is 2.23. The summed E-state index contributed by atoms with van der Waals surface area (Å²) >= 11 is 6.99. The lowest BCUT2D eigenvalue weighted by Crippen LogP contribution is -2.08. The average Bonchev–Trinajstić information content (AvgIpc) is 3.08. The zero-order valence-electron chi connectivity index (χ0n) is 13.5. The van der Waals surface area contributed by atoms with Crippen molar-refractivity contribution in [2.75, 3.05) is 0 Å². The molecular formula is C17H16ClN3O2S. The van der Waals surface area contributed by atoms with Gasteiger partial charge in [0.05, 0.1) is 5.56 Å². The van der Waals surface area contributed by atoms with Crippen molar-refractivity contribution >= 4 is 29.1 Å². The fourth-order valence-corrected chi connectivity index (χ4v) is 3.23. The largest absolute Gasteiger partial charge is 0.455 e. The summed E-state index contributed by atoms with van der Waals surface area (Å²) in [7, 11) is 0. The predicted molar refractivity (Wildman–Crippen MR) is 94.0 cm³/mol. The zero-order chi connectivity index (χ0) is 17.3. The number of nitrogens with zero attached hydrogens (tertiary/aromatic N) is 3. The van der Waals surface area contributed by atoms with Crippen molar-refractivity contribution < 1.29 is 9.53 Å². The Morgan fingerprint density at radius 3 is 2.75 bits per heavy atom. The fourth-order valence-electron chi connectivity index (χ4n) is 2.63. The topological polar surface area (TPSA) is 57.0 Å². The molecule has 0 aliphatic rings. The van der Waals surface area contributed by atoms with Crippen molar-refractivity contribution in [2.45, 2.75) is 27.4 Å². The Balaban J connectivity index is 1.85. The minimum absolute atomic E-state index is 0.0162. The smallest absolute Gasteiger partial charge is 0.340 e. The second-order valence-electron chi connectivity index (χ2n) is 5.53. The molecule has 0 aliphatic heterocycles. The van der Waals surface area contributed by atoms with Crippen molar-refractivity contribution in [3.8, 4) is 5.69 Å². The summed E-state index contributed by atoms with van der Waals surface area (Å²) in [6.07, 6.45) is 0. The van der Waals surface area contributed by atoms with E-state index in [0.717, 1.165) is 34.2 Å². The van der Waals surface area contributed by atoms with Gasteiger partial charge in [-0.15, -0.1) is 5.10 Å². The second-order valence-corrected chi connectivity index (χ2v) is 6.88. The summed E-state index contributed by atoms with van der Waals surface area (Å²) in [4.78, 5) is 12.4. The van der Waals surface area contributed by atoms with Gasteiger partial charge in [-0.25, -0.2) is 4.79 Å². The lowest BCUT2D eigenvalue weighted by molar-refractivity contribution is 0.0467. The molecule has 2 heterocycles. The number of carbonyl (C=O) groups excluding carboxylic acids is 1. The molecule has 0 bridgehead atoms. The Kier molecular flexibility index (Phi) is 4.69. The summed E-state index contributed by atoms with van der Waals surface area (Å²) in [5, 5.41) is 3.84. The van der Waals surface area contributed by atoms with E-state index < -0.39 is 5.97 Å². The van der Waals surface area contributed by atoms with E-state index in [9.17, 15) is 4.79 Å². The molecule has 0 atom stereocenters. The third-order valence-electron chi connectivity index (χ3n) is 3.76. The minimum atomic E-state index is -0.397. The van der Waals surface area contributed by atoms with E-state index in [-0.39, 0.29) is 6.61 Å². The Morgan fingerprint density at radius 1 is 1.29 bits per heavy atom. The molecule has 24 heavy (non-hydrogen) atoms. The highest BCUT2D eigenvalue weighted by atomic mass is 35.5. The molecule has 3 rings (SSSR count). The summed E-state index contributed by atoms with van der Waals surface area (Å²) in [5.74, 6) is -0.397. The molecule has 124 valence electrons. The predicted octanol–water partition coefficient (Wildman–Crippen LogP) is 4.26. The highest BCUT2D eigenvalue weighted by molar-refractivity contribution is 7.10. The number of esters is 1. The summed E-state index contributed by atoms with van der Waals surface area (Å²) < 4.78 is 11.5. The Labute approximate surface area is 149 Å². The number of hydrogen-bond donors (Lipinski definition) is 0. The van der Waals surface area contributed by atoms with Crippen LogP contribution in [0, 0.1) is 20.8 Å². The third-order valence-corrected chi connectivity index (χ3v) is 4.74. The molecule has 0 saturated carbocycles. The summed E-state index contributed by atoms with van der Waals surface area (Å²) in [5.41, 5.74) is 5.01. The van der Waals surface area contributed by atoms with Gasteiger partial charge < -0.3 is 9.30 Å². The molecule has 0 aliphatic carbocycles. The first-order chi connectivity index (χ1) is 11.5. The maximum atomic E-state index is 12.4. The van der Waals surface area contributed by atoms with E-state index in [4.69, 9.17) is 16.3 Å². The van der Waals surface area contributed by atoms with E-state index >= 15 is 0 Å². The van der Waals surface area contributed by atoms with E-state index in [0.29, 0.717) is 15.6 Å². The Bertz CT molecular complexity index is 901. The van der Waals surface area contributed by atoms with E-state index in [1.165, 1.54) is 0 Å². The SMILES string of the molecule is Cc1cccc(-n2c(C)cc(C(=O)OCc3nnsc3Cl)c2C)c1. The van der Waals surface area contributed by atoms with E-state index in [2.05, 4.69) is 15.7 Å². The van der Waals surface area contributed by atoms with Crippen LogP contribution < -0.4 is 0 Å². The molecule has 2 aromatic heterocycles. The van der Waals surface area contributed by atoms with Crippen molar-refractivity contribution in [3.63, 3.8) is 0 Å². The monoisotopic (exact) mass is 361 g/mol. The third kappa shape index (κ3) is 3.20. The lowest BCUT2D eigenvalue weighted by atomic mass is 10.2. The van der Waals surface area contributed by atoms with Crippen LogP contribution in [-0.4, -0.2) is 20.1 Å². The number of carbonyl (C=O) groups is 1. The molecule has 0 N–H and O–H groups in total. The number of aromatic nitrogens is 3. The quantitative estimate of drug-likeness (QED) is 0.651. The number of hydrogen-bond acceptors (Lipinski definition) is 5. The summed E-state index contributed by atoms with van der Waals surface area (Å²) in [6, 6.07) is 9.97. The van der Waals surface area contributed by atoms with Crippen molar-refractivity contribution in [1.82, 2.24) is 14.2 Å². The number of benzene rings is 1. The van der Waals surface area contributed by atoms with Gasteiger partial charge >= 0.3 is 5.97 Å². The van der Waals surface area contributed by atoms with Crippen molar-refractivity contribution in [3.05, 3.63) is 62.9 Å². The fraction of sp³-hybridized carbons (Fsp3) is 0.235. The molecule has 0 fully saturated rings. The van der Waals surface area contributed by atoms with Crippen LogP contribution in [-0.2, 0) is 11.3 Å². The first-order valence-corrected chi connectivity index (χ1v) is 8.52. The van der Waals surface area contributed by atoms with Gasteiger partial charge in [0.2, 0.25) is 0 Å². The van der Waals surface area contributed by atoms with Crippen LogP contribution in [0.3, 0.4) is 0 Å². The van der Waals surface area contributed by atoms with Crippen LogP contribution in [0.4, 0.5) is 0 Å². The van der Waals surface area contributed by atoms with Gasteiger partial charge in [-0.3, -0.25) is 0 Å². The Morgan fingerprint density at radius 2 is 2.08 bits per heavy atom. The molecule has 7 heteroatoms. The number of aryl methyl sites for hydroxylation is 2. The standard InChI is InChI=1S/C17H16ClN3O2S/c1-10-5-4-6-13(7-10)21-11(2)8-14(12(21)3)17(22)23-9-15-16(18)24-20-19-15/h4-8H,9H2,1-3H3. The second kappa shape index (κ2) is 6.75. The number of rotatable bonds is 4. The molecular weight excluding hydrogens is 346 g/mol. The lowest BCUT2D eigenvalue weighted by Gasteiger charge is -2.10. The maximum absolute atomic E-state index is 12.4. The zero-order valence-corrected chi connectivity index (χ0v) is 15.1. The molecule has 0 saturated heterocycles. The van der Waals surface area contributed by atoms with Crippen LogP contribution in [0.5, 0.6) is 0 Å². The van der Waals surface area contributed by atoms with Crippen LogP contribution in [0.15, 0.2) is 30.3 Å². The van der Waals surface area contributed by atoms with Crippen molar-refractivity contribution in [2.24, 2.45) is 0 Å². The van der Waals surface area contributed by atoms with Gasteiger partial charge in [0.1, 0.15) is 16.6 Å². The molecule has 0 radical (unpaired) electrons. The average molecular weight is 362 g/mol. The van der Waals surface area contributed by atoms with Gasteiger partial charge in [0.15, 0.2) is 0 Å². The minimum Gasteiger partial charge on any atom is -0.455 e. The first kappa shape index (κ1) is 16.7.